The predicted molar refractivity (Wildman–Crippen MR) is 61.2 cm³/mol. The highest BCUT2D eigenvalue weighted by molar-refractivity contribution is 5.35. The van der Waals surface area contributed by atoms with Crippen molar-refractivity contribution in [2.24, 2.45) is 0 Å². The van der Waals surface area contributed by atoms with E-state index in [4.69, 9.17) is 0 Å². The van der Waals surface area contributed by atoms with Crippen LogP contribution in [0.1, 0.15) is 11.1 Å². The van der Waals surface area contributed by atoms with E-state index in [1.165, 1.54) is 12.1 Å². The van der Waals surface area contributed by atoms with Gasteiger partial charge in [0.2, 0.25) is 0 Å². The highest BCUT2D eigenvalue weighted by Gasteiger charge is 2.03. The maximum atomic E-state index is 10.5. The van der Waals surface area contributed by atoms with Gasteiger partial charge in [-0.25, -0.2) is 0 Å². The number of rotatable bonds is 3. The second kappa shape index (κ2) is 4.57. The van der Waals surface area contributed by atoms with Crippen molar-refractivity contribution >= 4 is 5.69 Å². The predicted octanol–water partition coefficient (Wildman–Crippen LogP) is 2.99. The molecule has 0 atom stereocenters. The van der Waals surface area contributed by atoms with Gasteiger partial charge < -0.3 is 0 Å². The molecule has 2 aromatic carbocycles. The van der Waals surface area contributed by atoms with Gasteiger partial charge in [-0.15, -0.1) is 0 Å². The fraction of sp³-hybridized carbons (Fsp3) is 0.0769. The zero-order valence-electron chi connectivity index (χ0n) is 8.59. The van der Waals surface area contributed by atoms with E-state index in [1.807, 2.05) is 24.3 Å². The molecule has 0 aliphatic carbocycles. The van der Waals surface area contributed by atoms with Crippen molar-refractivity contribution in [3.63, 3.8) is 0 Å². The Labute approximate surface area is 93.5 Å². The quantitative estimate of drug-likeness (QED) is 0.579. The van der Waals surface area contributed by atoms with Crippen LogP contribution in [0.2, 0.25) is 0 Å². The van der Waals surface area contributed by atoms with Crippen LogP contribution in [0.25, 0.3) is 0 Å². The van der Waals surface area contributed by atoms with Crippen molar-refractivity contribution in [3.05, 3.63) is 75.8 Å². The van der Waals surface area contributed by atoms with Crippen LogP contribution in [-0.2, 0) is 6.42 Å². The molecule has 2 aromatic rings. The lowest BCUT2D eigenvalue weighted by molar-refractivity contribution is -0.384. The Hall–Kier alpha value is -2.16. The molecular formula is C13H10NO2. The standard InChI is InChI=1S/C13H10NO2/c15-14(16)13-8-6-12(7-9-13)10-11-4-2-1-3-5-11/h1-4,6-9H,10H2. The van der Waals surface area contributed by atoms with Gasteiger partial charge in [-0.2, -0.15) is 0 Å². The Kier molecular flexibility index (Phi) is 2.96. The first kappa shape index (κ1) is 10.4. The molecule has 0 saturated heterocycles. The van der Waals surface area contributed by atoms with Crippen LogP contribution in [-0.4, -0.2) is 4.92 Å². The van der Waals surface area contributed by atoms with Crippen LogP contribution >= 0.6 is 0 Å². The van der Waals surface area contributed by atoms with Gasteiger partial charge in [0.15, 0.2) is 0 Å². The Balaban J connectivity index is 2.14. The van der Waals surface area contributed by atoms with Crippen LogP contribution in [0.5, 0.6) is 0 Å². The SMILES string of the molecule is O=[N+]([O-])c1ccc(Cc2[c]cccc2)cc1. The molecule has 3 nitrogen and oxygen atoms in total. The first-order valence-electron chi connectivity index (χ1n) is 4.94. The van der Waals surface area contributed by atoms with E-state index in [-0.39, 0.29) is 5.69 Å². The lowest BCUT2D eigenvalue weighted by Gasteiger charge is -2.00. The smallest absolute Gasteiger partial charge is 0.258 e. The average Bonchev–Trinajstić information content (AvgIpc) is 2.31. The maximum Gasteiger partial charge on any atom is 0.269 e. The van der Waals surface area contributed by atoms with E-state index in [0.717, 1.165) is 17.5 Å². The van der Waals surface area contributed by atoms with Crippen molar-refractivity contribution in [1.82, 2.24) is 0 Å². The summed E-state index contributed by atoms with van der Waals surface area (Å²) in [7, 11) is 0. The van der Waals surface area contributed by atoms with Crippen molar-refractivity contribution in [1.29, 1.82) is 0 Å². The number of hydrogen-bond donors (Lipinski definition) is 0. The molecular weight excluding hydrogens is 202 g/mol. The summed E-state index contributed by atoms with van der Waals surface area (Å²) in [4.78, 5) is 10.1. The fourth-order valence-electron chi connectivity index (χ4n) is 1.50. The molecule has 0 unspecified atom stereocenters. The molecule has 0 bridgehead atoms. The zero-order chi connectivity index (χ0) is 11.4. The molecule has 0 aliphatic heterocycles. The van der Waals surface area contributed by atoms with Crippen molar-refractivity contribution in [3.8, 4) is 0 Å². The second-order valence-electron chi connectivity index (χ2n) is 3.49. The van der Waals surface area contributed by atoms with Gasteiger partial charge in [0.25, 0.3) is 5.69 Å². The van der Waals surface area contributed by atoms with Gasteiger partial charge in [-0.1, -0.05) is 36.4 Å². The molecule has 0 aliphatic rings. The summed E-state index contributed by atoms with van der Waals surface area (Å²) < 4.78 is 0. The molecule has 0 saturated carbocycles. The number of nitrogens with zero attached hydrogens (tertiary/aromatic N) is 1. The highest BCUT2D eigenvalue weighted by atomic mass is 16.6. The Bertz CT molecular complexity index is 477. The lowest BCUT2D eigenvalue weighted by Crippen LogP contribution is -1.90. The largest absolute Gasteiger partial charge is 0.269 e. The zero-order valence-corrected chi connectivity index (χ0v) is 8.59. The topological polar surface area (TPSA) is 43.1 Å². The summed E-state index contributed by atoms with van der Waals surface area (Å²) in [5.74, 6) is 0. The van der Waals surface area contributed by atoms with Gasteiger partial charge in [0.1, 0.15) is 0 Å². The van der Waals surface area contributed by atoms with Gasteiger partial charge in [-0.3, -0.25) is 10.1 Å². The number of nitro groups is 1. The van der Waals surface area contributed by atoms with E-state index in [9.17, 15) is 10.1 Å². The molecule has 79 valence electrons. The average molecular weight is 212 g/mol. The Morgan fingerprint density at radius 2 is 1.88 bits per heavy atom. The minimum Gasteiger partial charge on any atom is -0.258 e. The normalized spacial score (nSPS) is 10.0. The fourth-order valence-corrected chi connectivity index (χ4v) is 1.50. The number of non-ortho nitro benzene ring substituents is 1. The minimum absolute atomic E-state index is 0.126. The summed E-state index contributed by atoms with van der Waals surface area (Å²) >= 11 is 0. The maximum absolute atomic E-state index is 10.5. The summed E-state index contributed by atoms with van der Waals surface area (Å²) in [6.07, 6.45) is 0.749. The van der Waals surface area contributed by atoms with Gasteiger partial charge >= 0.3 is 0 Å². The third kappa shape index (κ3) is 2.45. The van der Waals surface area contributed by atoms with Crippen molar-refractivity contribution in [2.45, 2.75) is 6.42 Å². The number of benzene rings is 2. The molecule has 0 fully saturated rings. The molecule has 16 heavy (non-hydrogen) atoms. The van der Waals surface area contributed by atoms with E-state index < -0.39 is 4.92 Å². The van der Waals surface area contributed by atoms with Crippen LogP contribution in [0.15, 0.2) is 48.5 Å². The van der Waals surface area contributed by atoms with Gasteiger partial charge in [0.05, 0.1) is 4.92 Å². The Morgan fingerprint density at radius 3 is 2.44 bits per heavy atom. The van der Waals surface area contributed by atoms with E-state index in [1.54, 1.807) is 12.1 Å². The summed E-state index contributed by atoms with van der Waals surface area (Å²) in [6, 6.07) is 17.4. The minimum atomic E-state index is -0.390. The summed E-state index contributed by atoms with van der Waals surface area (Å²) in [5, 5.41) is 10.5. The van der Waals surface area contributed by atoms with Crippen LogP contribution < -0.4 is 0 Å². The van der Waals surface area contributed by atoms with Crippen LogP contribution in [0.4, 0.5) is 5.69 Å². The van der Waals surface area contributed by atoms with Gasteiger partial charge in [0, 0.05) is 12.1 Å². The highest BCUT2D eigenvalue weighted by Crippen LogP contribution is 2.14. The number of nitro benzene ring substituents is 1. The first-order valence-corrected chi connectivity index (χ1v) is 4.94. The van der Waals surface area contributed by atoms with E-state index in [2.05, 4.69) is 6.07 Å². The van der Waals surface area contributed by atoms with E-state index in [0.29, 0.717) is 0 Å². The Morgan fingerprint density at radius 1 is 1.12 bits per heavy atom. The summed E-state index contributed by atoms with van der Waals surface area (Å²) in [6.45, 7) is 0. The molecule has 3 heteroatoms. The molecule has 0 N–H and O–H groups in total. The second-order valence-corrected chi connectivity index (χ2v) is 3.49. The molecule has 2 rings (SSSR count). The van der Waals surface area contributed by atoms with Crippen molar-refractivity contribution in [2.75, 3.05) is 0 Å². The molecule has 1 radical (unpaired) electrons. The van der Waals surface area contributed by atoms with Crippen LogP contribution in [0, 0.1) is 16.2 Å². The lowest BCUT2D eigenvalue weighted by atomic mass is 10.1. The van der Waals surface area contributed by atoms with E-state index >= 15 is 0 Å². The molecule has 0 spiro atoms. The molecule has 0 amide bonds. The van der Waals surface area contributed by atoms with Crippen molar-refractivity contribution < 1.29 is 4.92 Å². The molecule has 0 heterocycles. The van der Waals surface area contributed by atoms with Crippen LogP contribution in [0.3, 0.4) is 0 Å². The monoisotopic (exact) mass is 212 g/mol. The third-order valence-electron chi connectivity index (χ3n) is 2.32. The van der Waals surface area contributed by atoms with Gasteiger partial charge in [-0.05, 0) is 23.6 Å². The third-order valence-corrected chi connectivity index (χ3v) is 2.32. The number of hydrogen-bond acceptors (Lipinski definition) is 2. The molecule has 0 aromatic heterocycles. The summed E-state index contributed by atoms with van der Waals surface area (Å²) in [5.41, 5.74) is 2.25. The first-order chi connectivity index (χ1) is 7.75.